The smallest absolute Gasteiger partial charge is 0.309 e. The third-order valence-corrected chi connectivity index (χ3v) is 4.53. The van der Waals surface area contributed by atoms with E-state index in [1.54, 1.807) is 0 Å². The number of hydrogen-bond donors (Lipinski definition) is 1. The number of halogens is 5. The Bertz CT molecular complexity index is 979. The van der Waals surface area contributed by atoms with Crippen molar-refractivity contribution in [2.24, 2.45) is 0 Å². The Morgan fingerprint density at radius 3 is 2.73 bits per heavy atom. The van der Waals surface area contributed by atoms with Crippen molar-refractivity contribution in [1.29, 1.82) is 0 Å². The van der Waals surface area contributed by atoms with E-state index in [1.165, 1.54) is 22.7 Å². The van der Waals surface area contributed by atoms with Gasteiger partial charge in [0, 0.05) is 12.4 Å². The van der Waals surface area contributed by atoms with E-state index in [0.29, 0.717) is 5.02 Å². The Labute approximate surface area is 158 Å². The van der Waals surface area contributed by atoms with Gasteiger partial charge in [-0.1, -0.05) is 35.0 Å². The van der Waals surface area contributed by atoms with E-state index >= 15 is 0 Å². The molecule has 0 radical (unpaired) electrons. The van der Waals surface area contributed by atoms with Gasteiger partial charge in [-0.15, -0.1) is 10.2 Å². The van der Waals surface area contributed by atoms with Gasteiger partial charge in [-0.2, -0.15) is 13.2 Å². The maximum Gasteiger partial charge on any atom is 0.417 e. The van der Waals surface area contributed by atoms with E-state index in [0.717, 1.165) is 24.0 Å². The summed E-state index contributed by atoms with van der Waals surface area (Å²) < 4.78 is 39.6. The van der Waals surface area contributed by atoms with Gasteiger partial charge in [0.05, 0.1) is 21.4 Å². The molecule has 0 saturated carbocycles. The second-order valence-electron chi connectivity index (χ2n) is 4.95. The van der Waals surface area contributed by atoms with Crippen molar-refractivity contribution in [3.63, 3.8) is 0 Å². The SMILES string of the molecule is O=C(CSc1nnc2ccc(C(F)(F)F)cn12)Nc1ncc(Cl)cc1Cl. The number of thioether (sulfide) groups is 1. The summed E-state index contributed by atoms with van der Waals surface area (Å²) in [6.07, 6.45) is -2.29. The molecule has 3 heterocycles. The number of anilines is 1. The minimum atomic E-state index is -4.49. The molecule has 0 saturated heterocycles. The maximum atomic E-state index is 12.8. The fourth-order valence-electron chi connectivity index (χ4n) is 1.94. The minimum Gasteiger partial charge on any atom is -0.309 e. The Balaban J connectivity index is 1.72. The molecule has 0 aromatic carbocycles. The summed E-state index contributed by atoms with van der Waals surface area (Å²) in [7, 11) is 0. The fourth-order valence-corrected chi connectivity index (χ4v) is 3.08. The van der Waals surface area contributed by atoms with Crippen LogP contribution in [0.2, 0.25) is 10.0 Å². The molecule has 0 unspecified atom stereocenters. The molecule has 6 nitrogen and oxygen atoms in total. The molecule has 26 heavy (non-hydrogen) atoms. The monoisotopic (exact) mass is 421 g/mol. The molecule has 1 amide bonds. The van der Waals surface area contributed by atoms with Crippen LogP contribution in [0.1, 0.15) is 5.56 Å². The van der Waals surface area contributed by atoms with Crippen LogP contribution in [0, 0.1) is 0 Å². The van der Waals surface area contributed by atoms with E-state index in [2.05, 4.69) is 20.5 Å². The van der Waals surface area contributed by atoms with Gasteiger partial charge in [-0.3, -0.25) is 9.20 Å². The van der Waals surface area contributed by atoms with Crippen molar-refractivity contribution in [2.45, 2.75) is 11.3 Å². The number of nitrogens with zero attached hydrogens (tertiary/aromatic N) is 4. The van der Waals surface area contributed by atoms with Crippen molar-refractivity contribution in [2.75, 3.05) is 11.1 Å². The Morgan fingerprint density at radius 1 is 1.27 bits per heavy atom. The molecule has 0 aliphatic carbocycles. The van der Waals surface area contributed by atoms with Crippen LogP contribution in [0.15, 0.2) is 35.7 Å². The van der Waals surface area contributed by atoms with E-state index in [1.807, 2.05) is 0 Å². The zero-order valence-electron chi connectivity index (χ0n) is 12.6. The van der Waals surface area contributed by atoms with Crippen molar-refractivity contribution >= 4 is 52.3 Å². The molecular formula is C14H8Cl2F3N5OS. The molecule has 0 spiro atoms. The van der Waals surface area contributed by atoms with Gasteiger partial charge in [-0.05, 0) is 18.2 Å². The van der Waals surface area contributed by atoms with Crippen LogP contribution < -0.4 is 5.32 Å². The summed E-state index contributed by atoms with van der Waals surface area (Å²) in [4.78, 5) is 15.9. The molecular weight excluding hydrogens is 414 g/mol. The summed E-state index contributed by atoms with van der Waals surface area (Å²) in [6, 6.07) is 3.54. The van der Waals surface area contributed by atoms with Crippen molar-refractivity contribution in [3.8, 4) is 0 Å². The molecule has 3 aromatic rings. The third kappa shape index (κ3) is 4.19. The first kappa shape index (κ1) is 18.7. The number of pyridine rings is 2. The first-order valence-electron chi connectivity index (χ1n) is 6.90. The number of amides is 1. The van der Waals surface area contributed by atoms with Crippen LogP contribution >= 0.6 is 35.0 Å². The second kappa shape index (κ2) is 7.29. The number of nitrogens with one attached hydrogen (secondary N) is 1. The molecule has 0 aliphatic rings. The van der Waals surface area contributed by atoms with E-state index in [4.69, 9.17) is 23.2 Å². The van der Waals surface area contributed by atoms with Gasteiger partial charge >= 0.3 is 6.18 Å². The summed E-state index contributed by atoms with van der Waals surface area (Å²) in [6.45, 7) is 0. The van der Waals surface area contributed by atoms with Crippen molar-refractivity contribution in [3.05, 3.63) is 46.2 Å². The van der Waals surface area contributed by atoms with E-state index in [-0.39, 0.29) is 27.4 Å². The summed E-state index contributed by atoms with van der Waals surface area (Å²) in [5, 5.41) is 10.7. The topological polar surface area (TPSA) is 72.2 Å². The van der Waals surface area contributed by atoms with Gasteiger partial charge in [0.25, 0.3) is 0 Å². The summed E-state index contributed by atoms with van der Waals surface area (Å²) in [5.41, 5.74) is -0.600. The zero-order valence-corrected chi connectivity index (χ0v) is 14.9. The van der Waals surface area contributed by atoms with Gasteiger partial charge < -0.3 is 5.32 Å². The lowest BCUT2D eigenvalue weighted by Gasteiger charge is -2.08. The van der Waals surface area contributed by atoms with Crippen molar-refractivity contribution in [1.82, 2.24) is 19.6 Å². The predicted molar refractivity (Wildman–Crippen MR) is 91.6 cm³/mol. The standard InChI is InChI=1S/C14H8Cl2F3N5OS/c15-8-3-9(16)12(20-4-8)21-11(25)6-26-13-23-22-10-2-1-7(5-24(10)13)14(17,18)19/h1-5H,6H2,(H,20,21,25). The minimum absolute atomic E-state index is 0.127. The lowest BCUT2D eigenvalue weighted by molar-refractivity contribution is -0.137. The Hall–Kier alpha value is -2.04. The first-order chi connectivity index (χ1) is 12.2. The quantitative estimate of drug-likeness (QED) is 0.639. The Kier molecular flexibility index (Phi) is 5.26. The van der Waals surface area contributed by atoms with Crippen LogP contribution in [0.5, 0.6) is 0 Å². The lowest BCUT2D eigenvalue weighted by Crippen LogP contribution is -2.15. The highest BCUT2D eigenvalue weighted by Gasteiger charge is 2.31. The van der Waals surface area contributed by atoms with Gasteiger partial charge in [0.15, 0.2) is 16.6 Å². The number of alkyl halides is 3. The van der Waals surface area contributed by atoms with Crippen LogP contribution in [0.4, 0.5) is 19.0 Å². The number of aromatic nitrogens is 4. The highest BCUT2D eigenvalue weighted by atomic mass is 35.5. The number of carbonyl (C=O) groups excluding carboxylic acids is 1. The molecule has 1 N–H and O–H groups in total. The normalized spacial score (nSPS) is 11.7. The molecule has 136 valence electrons. The molecule has 3 rings (SSSR count). The first-order valence-corrected chi connectivity index (χ1v) is 8.64. The lowest BCUT2D eigenvalue weighted by atomic mass is 10.3. The summed E-state index contributed by atoms with van der Waals surface area (Å²) >= 11 is 12.6. The van der Waals surface area contributed by atoms with Crippen molar-refractivity contribution < 1.29 is 18.0 Å². The molecule has 0 fully saturated rings. The summed E-state index contributed by atoms with van der Waals surface area (Å²) in [5.74, 6) is -0.458. The highest BCUT2D eigenvalue weighted by Crippen LogP contribution is 2.30. The predicted octanol–water partition coefficient (Wildman–Crippen LogP) is 4.18. The Morgan fingerprint density at radius 2 is 2.04 bits per heavy atom. The van der Waals surface area contributed by atoms with Crippen LogP contribution in [0.3, 0.4) is 0 Å². The fraction of sp³-hybridized carbons (Fsp3) is 0.143. The largest absolute Gasteiger partial charge is 0.417 e. The van der Waals surface area contributed by atoms with Crippen LogP contribution in [0.25, 0.3) is 5.65 Å². The van der Waals surface area contributed by atoms with Gasteiger partial charge in [0.1, 0.15) is 0 Å². The van der Waals surface area contributed by atoms with Crippen LogP contribution in [-0.4, -0.2) is 31.2 Å². The van der Waals surface area contributed by atoms with E-state index in [9.17, 15) is 18.0 Å². The number of rotatable bonds is 4. The average molecular weight is 422 g/mol. The molecule has 12 heteroatoms. The molecule has 0 atom stereocenters. The van der Waals surface area contributed by atoms with Gasteiger partial charge in [-0.25, -0.2) is 4.98 Å². The number of hydrogen-bond acceptors (Lipinski definition) is 5. The molecule has 0 bridgehead atoms. The van der Waals surface area contributed by atoms with Crippen LogP contribution in [-0.2, 0) is 11.0 Å². The maximum absolute atomic E-state index is 12.8. The average Bonchev–Trinajstić information content (AvgIpc) is 2.97. The van der Waals surface area contributed by atoms with E-state index < -0.39 is 17.6 Å². The zero-order chi connectivity index (χ0) is 18.9. The number of fused-ring (bicyclic) bond motifs is 1. The number of carbonyl (C=O) groups is 1. The molecule has 0 aliphatic heterocycles. The second-order valence-corrected chi connectivity index (χ2v) is 6.73. The van der Waals surface area contributed by atoms with Gasteiger partial charge in [0.2, 0.25) is 5.91 Å². The molecule has 3 aromatic heterocycles. The third-order valence-electron chi connectivity index (χ3n) is 3.10. The highest BCUT2D eigenvalue weighted by molar-refractivity contribution is 7.99.